The van der Waals surface area contributed by atoms with Crippen LogP contribution in [0.3, 0.4) is 0 Å². The number of hydrogen-bond acceptors (Lipinski definition) is 7. The summed E-state index contributed by atoms with van der Waals surface area (Å²) in [5, 5.41) is 11.5. The summed E-state index contributed by atoms with van der Waals surface area (Å²) in [5.74, 6) is 3.25. The lowest BCUT2D eigenvalue weighted by atomic mass is 10.3. The molecule has 5 rings (SSSR count). The van der Waals surface area contributed by atoms with E-state index in [0.29, 0.717) is 0 Å². The number of imidazole rings is 1. The van der Waals surface area contributed by atoms with Gasteiger partial charge in [0, 0.05) is 54.0 Å². The molecule has 4 aromatic rings. The fourth-order valence-corrected chi connectivity index (χ4v) is 5.35. The summed E-state index contributed by atoms with van der Waals surface area (Å²) in [5.41, 5.74) is 3.74. The van der Waals surface area contributed by atoms with E-state index in [1.54, 1.807) is 17.5 Å². The van der Waals surface area contributed by atoms with E-state index in [2.05, 4.69) is 41.9 Å². The van der Waals surface area contributed by atoms with Gasteiger partial charge in [0.1, 0.15) is 0 Å². The van der Waals surface area contributed by atoms with Crippen LogP contribution in [-0.2, 0) is 6.54 Å². The molecule has 7 nitrogen and oxygen atoms in total. The Bertz CT molecular complexity index is 1080. The van der Waals surface area contributed by atoms with E-state index in [-0.39, 0.29) is 0 Å². The van der Waals surface area contributed by atoms with Gasteiger partial charge in [-0.3, -0.25) is 14.4 Å². The summed E-state index contributed by atoms with van der Waals surface area (Å²) in [6.45, 7) is 5.38. The summed E-state index contributed by atoms with van der Waals surface area (Å²) >= 11 is 3.83. The zero-order valence-corrected chi connectivity index (χ0v) is 17.2. The van der Waals surface area contributed by atoms with Gasteiger partial charge in [0.15, 0.2) is 11.5 Å². The molecule has 0 amide bonds. The first-order chi connectivity index (χ1) is 13.8. The molecule has 4 aromatic heterocycles. The second-order valence-corrected chi connectivity index (χ2v) is 9.23. The van der Waals surface area contributed by atoms with Crippen LogP contribution in [0.5, 0.6) is 0 Å². The standard InChI is InChI=1S/C19H21N7S2/c1-13-11-26-16(14-8-21-22-9-14)10-20-19(26)18(23-13)24-17-3-2-15(28-17)12-25-4-6-27-7-5-25/h2-3,8-11H,4-7,12H2,1H3,(H,21,22)(H,23,24). The quantitative estimate of drug-likeness (QED) is 0.521. The van der Waals surface area contributed by atoms with E-state index in [1.807, 2.05) is 37.3 Å². The molecule has 144 valence electrons. The fourth-order valence-electron chi connectivity index (χ4n) is 3.42. The van der Waals surface area contributed by atoms with E-state index in [0.717, 1.165) is 40.0 Å². The number of rotatable bonds is 5. The van der Waals surface area contributed by atoms with E-state index in [4.69, 9.17) is 4.98 Å². The summed E-state index contributed by atoms with van der Waals surface area (Å²) in [4.78, 5) is 13.2. The third-order valence-corrected chi connectivity index (χ3v) is 6.72. The Morgan fingerprint density at radius 3 is 2.93 bits per heavy atom. The smallest absolute Gasteiger partial charge is 0.180 e. The maximum atomic E-state index is 4.69. The molecule has 2 N–H and O–H groups in total. The van der Waals surface area contributed by atoms with Gasteiger partial charge in [-0.2, -0.15) is 16.9 Å². The molecule has 0 saturated carbocycles. The summed E-state index contributed by atoms with van der Waals surface area (Å²) in [6, 6.07) is 4.35. The van der Waals surface area contributed by atoms with Gasteiger partial charge in [0.2, 0.25) is 0 Å². The predicted octanol–water partition coefficient (Wildman–Crippen LogP) is 3.78. The fraction of sp³-hybridized carbons (Fsp3) is 0.316. The molecule has 0 aliphatic carbocycles. The number of fused-ring (bicyclic) bond motifs is 1. The first-order valence-corrected chi connectivity index (χ1v) is 11.2. The Morgan fingerprint density at radius 1 is 1.21 bits per heavy atom. The highest BCUT2D eigenvalue weighted by Crippen LogP contribution is 2.30. The Balaban J connectivity index is 1.41. The first-order valence-electron chi connectivity index (χ1n) is 9.26. The van der Waals surface area contributed by atoms with Crippen molar-refractivity contribution in [2.45, 2.75) is 13.5 Å². The van der Waals surface area contributed by atoms with Crippen molar-refractivity contribution in [3.8, 4) is 11.3 Å². The van der Waals surface area contributed by atoms with E-state index in [1.165, 1.54) is 29.5 Å². The lowest BCUT2D eigenvalue weighted by Gasteiger charge is -2.25. The minimum atomic E-state index is 0.775. The number of aryl methyl sites for hydroxylation is 1. The Hall–Kier alpha value is -2.36. The first kappa shape index (κ1) is 17.7. The van der Waals surface area contributed by atoms with Crippen LogP contribution in [-0.4, -0.2) is 54.1 Å². The van der Waals surface area contributed by atoms with Crippen LogP contribution in [0.1, 0.15) is 10.6 Å². The monoisotopic (exact) mass is 411 g/mol. The van der Waals surface area contributed by atoms with Crippen molar-refractivity contribution in [1.29, 1.82) is 0 Å². The molecule has 9 heteroatoms. The number of hydrogen-bond donors (Lipinski definition) is 2. The molecule has 1 saturated heterocycles. The van der Waals surface area contributed by atoms with Crippen molar-refractivity contribution >= 4 is 39.6 Å². The van der Waals surface area contributed by atoms with Crippen molar-refractivity contribution in [2.24, 2.45) is 0 Å². The van der Waals surface area contributed by atoms with Crippen LogP contribution < -0.4 is 5.32 Å². The summed E-state index contributed by atoms with van der Waals surface area (Å²) in [7, 11) is 0. The van der Waals surface area contributed by atoms with Crippen LogP contribution in [0.4, 0.5) is 10.8 Å². The number of nitrogens with zero attached hydrogens (tertiary/aromatic N) is 5. The number of anilines is 2. The average Bonchev–Trinajstić information content (AvgIpc) is 3.43. The Morgan fingerprint density at radius 2 is 2.11 bits per heavy atom. The highest BCUT2D eigenvalue weighted by atomic mass is 32.2. The molecule has 5 heterocycles. The molecular weight excluding hydrogens is 390 g/mol. The molecule has 0 spiro atoms. The molecule has 0 radical (unpaired) electrons. The van der Waals surface area contributed by atoms with Gasteiger partial charge in [-0.25, -0.2) is 9.97 Å². The number of H-pyrrole nitrogens is 1. The van der Waals surface area contributed by atoms with Crippen molar-refractivity contribution < 1.29 is 0 Å². The molecule has 1 aliphatic heterocycles. The van der Waals surface area contributed by atoms with Crippen molar-refractivity contribution in [3.05, 3.63) is 47.5 Å². The zero-order chi connectivity index (χ0) is 18.9. The van der Waals surface area contributed by atoms with Gasteiger partial charge >= 0.3 is 0 Å². The van der Waals surface area contributed by atoms with Crippen molar-refractivity contribution in [1.82, 2.24) is 29.5 Å². The van der Waals surface area contributed by atoms with Gasteiger partial charge in [-0.15, -0.1) is 11.3 Å². The average molecular weight is 412 g/mol. The Labute approximate surface area is 171 Å². The number of aromatic nitrogens is 5. The van der Waals surface area contributed by atoms with Crippen LogP contribution >= 0.6 is 23.1 Å². The minimum absolute atomic E-state index is 0.775. The molecular formula is C19H21N7S2. The maximum Gasteiger partial charge on any atom is 0.180 e. The number of nitrogens with one attached hydrogen (secondary N) is 2. The normalized spacial score (nSPS) is 15.3. The van der Waals surface area contributed by atoms with Crippen molar-refractivity contribution in [3.63, 3.8) is 0 Å². The van der Waals surface area contributed by atoms with E-state index in [9.17, 15) is 0 Å². The number of thiophene rings is 1. The van der Waals surface area contributed by atoms with Crippen LogP contribution in [0.2, 0.25) is 0 Å². The molecule has 0 atom stereocenters. The molecule has 0 bridgehead atoms. The lowest BCUT2D eigenvalue weighted by Crippen LogP contribution is -2.31. The third kappa shape index (κ3) is 3.52. The topological polar surface area (TPSA) is 74.1 Å². The largest absolute Gasteiger partial charge is 0.329 e. The Kier molecular flexibility index (Phi) is 4.79. The van der Waals surface area contributed by atoms with E-state index < -0.39 is 0 Å². The van der Waals surface area contributed by atoms with Crippen LogP contribution in [0.15, 0.2) is 36.9 Å². The van der Waals surface area contributed by atoms with Crippen molar-refractivity contribution in [2.75, 3.05) is 29.9 Å². The van der Waals surface area contributed by atoms with Gasteiger partial charge in [-0.1, -0.05) is 0 Å². The second-order valence-electron chi connectivity index (χ2n) is 6.83. The SMILES string of the molecule is Cc1cn2c(-c3cn[nH]c3)cnc2c(Nc2ccc(CN3CCSCC3)s2)n1. The number of thioether (sulfide) groups is 1. The van der Waals surface area contributed by atoms with Gasteiger partial charge in [-0.05, 0) is 19.1 Å². The lowest BCUT2D eigenvalue weighted by molar-refractivity contribution is 0.297. The molecule has 1 fully saturated rings. The molecule has 0 unspecified atom stereocenters. The summed E-state index contributed by atoms with van der Waals surface area (Å²) in [6.07, 6.45) is 7.54. The molecule has 1 aliphatic rings. The second kappa shape index (κ2) is 7.57. The number of aromatic amines is 1. The minimum Gasteiger partial charge on any atom is -0.329 e. The van der Waals surface area contributed by atoms with Gasteiger partial charge in [0.05, 0.1) is 28.8 Å². The van der Waals surface area contributed by atoms with Crippen LogP contribution in [0.25, 0.3) is 16.9 Å². The predicted molar refractivity (Wildman–Crippen MR) is 116 cm³/mol. The highest BCUT2D eigenvalue weighted by Gasteiger charge is 2.15. The highest BCUT2D eigenvalue weighted by molar-refractivity contribution is 7.99. The molecule has 28 heavy (non-hydrogen) atoms. The molecule has 0 aromatic carbocycles. The van der Waals surface area contributed by atoms with E-state index >= 15 is 0 Å². The maximum absolute atomic E-state index is 4.69. The summed E-state index contributed by atoms with van der Waals surface area (Å²) < 4.78 is 2.06. The van der Waals surface area contributed by atoms with Crippen LogP contribution in [0, 0.1) is 6.92 Å². The van der Waals surface area contributed by atoms with Gasteiger partial charge in [0.25, 0.3) is 0 Å². The van der Waals surface area contributed by atoms with Gasteiger partial charge < -0.3 is 5.32 Å². The zero-order valence-electron chi connectivity index (χ0n) is 15.6. The third-order valence-electron chi connectivity index (χ3n) is 4.79.